The predicted octanol–water partition coefficient (Wildman–Crippen LogP) is 1.72. The number of nitro groups is 1. The number of H-pyrrole nitrogens is 1. The van der Waals surface area contributed by atoms with Crippen molar-refractivity contribution >= 4 is 33.0 Å². The first-order valence-electron chi connectivity index (χ1n) is 8.57. The monoisotopic (exact) mass is 448 g/mol. The highest BCUT2D eigenvalue weighted by molar-refractivity contribution is 7.89. The molecule has 0 aliphatic rings. The van der Waals surface area contributed by atoms with Gasteiger partial charge < -0.3 is 10.3 Å². The third-order valence-electron chi connectivity index (χ3n) is 3.98. The van der Waals surface area contributed by atoms with Crippen molar-refractivity contribution in [2.24, 2.45) is 0 Å². The van der Waals surface area contributed by atoms with E-state index in [2.05, 4.69) is 15.0 Å². The van der Waals surface area contributed by atoms with Crippen LogP contribution in [0.25, 0.3) is 10.6 Å². The van der Waals surface area contributed by atoms with Crippen LogP contribution in [-0.4, -0.2) is 37.3 Å². The molecule has 3 aromatic rings. The Kier molecular flexibility index (Phi) is 6.40. The lowest BCUT2D eigenvalue weighted by Gasteiger charge is -2.08. The summed E-state index contributed by atoms with van der Waals surface area (Å²) in [6, 6.07) is 11.3. The Morgan fingerprint density at radius 3 is 2.60 bits per heavy atom. The first kappa shape index (κ1) is 21.4. The van der Waals surface area contributed by atoms with Gasteiger partial charge >= 0.3 is 0 Å². The zero-order valence-corrected chi connectivity index (χ0v) is 17.0. The molecule has 156 valence electrons. The maximum atomic E-state index is 12.2. The van der Waals surface area contributed by atoms with Crippen molar-refractivity contribution in [1.29, 1.82) is 0 Å². The number of sulfonamides is 1. The summed E-state index contributed by atoms with van der Waals surface area (Å²) in [6.07, 6.45) is 0. The van der Waals surface area contributed by atoms with Crippen LogP contribution in [0.4, 0.5) is 5.69 Å². The summed E-state index contributed by atoms with van der Waals surface area (Å²) in [7, 11) is -3.99. The molecular weight excluding hydrogens is 432 g/mol. The number of aromatic amines is 1. The Morgan fingerprint density at radius 1 is 1.13 bits per heavy atom. The van der Waals surface area contributed by atoms with Gasteiger partial charge in [0.05, 0.1) is 20.4 Å². The molecule has 2 aromatic heterocycles. The summed E-state index contributed by atoms with van der Waals surface area (Å²) >= 11 is 1.45. The third kappa shape index (κ3) is 4.97. The fourth-order valence-corrected chi connectivity index (χ4v) is 4.31. The van der Waals surface area contributed by atoms with E-state index in [0.717, 1.165) is 10.9 Å². The largest absolute Gasteiger partial charge is 0.351 e. The van der Waals surface area contributed by atoms with Crippen molar-refractivity contribution < 1.29 is 18.1 Å². The first-order valence-corrected chi connectivity index (χ1v) is 10.9. The van der Waals surface area contributed by atoms with Crippen LogP contribution >= 0.6 is 11.3 Å². The van der Waals surface area contributed by atoms with Gasteiger partial charge in [-0.2, -0.15) is 0 Å². The topological polar surface area (TPSA) is 151 Å². The second kappa shape index (κ2) is 8.98. The van der Waals surface area contributed by atoms with Crippen molar-refractivity contribution in [2.45, 2.75) is 4.90 Å². The number of pyridine rings is 1. The molecule has 2 heterocycles. The third-order valence-corrected chi connectivity index (χ3v) is 6.34. The lowest BCUT2D eigenvalue weighted by molar-refractivity contribution is -0.385. The number of hydrogen-bond acceptors (Lipinski definition) is 7. The van der Waals surface area contributed by atoms with E-state index < -0.39 is 26.4 Å². The molecule has 1 amide bonds. The van der Waals surface area contributed by atoms with Crippen molar-refractivity contribution in [1.82, 2.24) is 15.0 Å². The average molecular weight is 448 g/mol. The van der Waals surface area contributed by atoms with Crippen molar-refractivity contribution in [3.05, 3.63) is 79.9 Å². The van der Waals surface area contributed by atoms with Gasteiger partial charge in [-0.3, -0.25) is 19.7 Å². The second-order valence-corrected chi connectivity index (χ2v) is 8.71. The zero-order valence-electron chi connectivity index (χ0n) is 15.3. The van der Waals surface area contributed by atoms with Gasteiger partial charge in [-0.05, 0) is 29.6 Å². The van der Waals surface area contributed by atoms with E-state index in [4.69, 9.17) is 0 Å². The Hall–Kier alpha value is -3.35. The van der Waals surface area contributed by atoms with Crippen molar-refractivity contribution in [2.75, 3.05) is 13.1 Å². The number of thiophene rings is 1. The fraction of sp³-hybridized carbons (Fsp3) is 0.111. The minimum atomic E-state index is -3.99. The smallest absolute Gasteiger partial charge is 0.270 e. The highest BCUT2D eigenvalue weighted by atomic mass is 32.2. The molecule has 0 bridgehead atoms. The summed E-state index contributed by atoms with van der Waals surface area (Å²) in [5.41, 5.74) is -0.417. The molecule has 1 aromatic carbocycles. The average Bonchev–Trinajstić information content (AvgIpc) is 3.26. The Morgan fingerprint density at radius 2 is 1.93 bits per heavy atom. The lowest BCUT2D eigenvalue weighted by Crippen LogP contribution is -2.36. The number of rotatable bonds is 8. The molecule has 0 atom stereocenters. The van der Waals surface area contributed by atoms with E-state index in [9.17, 15) is 28.1 Å². The molecule has 0 aliphatic heterocycles. The van der Waals surface area contributed by atoms with Crippen molar-refractivity contribution in [3.63, 3.8) is 0 Å². The maximum Gasteiger partial charge on any atom is 0.270 e. The summed E-state index contributed by atoms with van der Waals surface area (Å²) in [5, 5.41) is 15.1. The molecule has 3 N–H and O–H groups in total. The molecule has 0 unspecified atom stereocenters. The van der Waals surface area contributed by atoms with E-state index >= 15 is 0 Å². The molecule has 0 fully saturated rings. The highest BCUT2D eigenvalue weighted by Crippen LogP contribution is 2.21. The van der Waals surface area contributed by atoms with Gasteiger partial charge in [0.1, 0.15) is 5.56 Å². The van der Waals surface area contributed by atoms with E-state index in [1.807, 2.05) is 17.5 Å². The van der Waals surface area contributed by atoms with Gasteiger partial charge in [-0.1, -0.05) is 12.1 Å². The number of carbonyl (C=O) groups excluding carboxylic acids is 1. The number of benzene rings is 1. The summed E-state index contributed by atoms with van der Waals surface area (Å²) in [5.74, 6) is -0.650. The van der Waals surface area contributed by atoms with E-state index in [1.165, 1.54) is 35.6 Å². The molecule has 3 rings (SSSR count). The summed E-state index contributed by atoms with van der Waals surface area (Å²) in [4.78, 5) is 37.7. The quantitative estimate of drug-likeness (QED) is 0.271. The molecule has 10 nitrogen and oxygen atoms in total. The Bertz CT molecular complexity index is 1240. The SMILES string of the molecule is O=C(NCCNS(=O)(=O)c1cccc([N+](=O)[O-])c1)c1ccc(-c2cccs2)[nH]c1=O. The van der Waals surface area contributed by atoms with E-state index in [1.54, 1.807) is 6.07 Å². The van der Waals surface area contributed by atoms with Gasteiger partial charge in [0, 0.05) is 25.2 Å². The number of carbonyl (C=O) groups is 1. The number of nitrogens with one attached hydrogen (secondary N) is 3. The number of non-ortho nitro benzene ring substituents is 1. The van der Waals surface area contributed by atoms with Crippen molar-refractivity contribution in [3.8, 4) is 10.6 Å². The van der Waals surface area contributed by atoms with Gasteiger partial charge in [-0.15, -0.1) is 11.3 Å². The number of amides is 1. The molecular formula is C18H16N4O6S2. The van der Waals surface area contributed by atoms with Crippen LogP contribution in [-0.2, 0) is 10.0 Å². The summed E-state index contributed by atoms with van der Waals surface area (Å²) in [6.45, 7) is -0.249. The van der Waals surface area contributed by atoms with Crippen LogP contribution in [0, 0.1) is 10.1 Å². The molecule has 0 spiro atoms. The Labute approximate surface area is 174 Å². The van der Waals surface area contributed by atoms with Crippen LogP contribution in [0.2, 0.25) is 0 Å². The Balaban J connectivity index is 1.57. The molecule has 0 radical (unpaired) electrons. The minimum Gasteiger partial charge on any atom is -0.351 e. The number of nitro benzene ring substituents is 1. The van der Waals surface area contributed by atoms with Crippen LogP contribution in [0.1, 0.15) is 10.4 Å². The van der Waals surface area contributed by atoms with Crippen LogP contribution in [0.15, 0.2) is 63.6 Å². The van der Waals surface area contributed by atoms with E-state index in [-0.39, 0.29) is 29.2 Å². The predicted molar refractivity (Wildman–Crippen MR) is 111 cm³/mol. The van der Waals surface area contributed by atoms with Gasteiger partial charge in [0.25, 0.3) is 17.2 Å². The number of hydrogen-bond donors (Lipinski definition) is 3. The van der Waals surface area contributed by atoms with E-state index in [0.29, 0.717) is 5.69 Å². The second-order valence-electron chi connectivity index (χ2n) is 6.00. The minimum absolute atomic E-state index is 0.0842. The first-order chi connectivity index (χ1) is 14.3. The normalized spacial score (nSPS) is 11.2. The molecule has 0 saturated carbocycles. The standard InChI is InChI=1S/C18H16N4O6S2/c23-17(14-6-7-15(21-18(14)24)16-5-2-10-29-16)19-8-9-20-30(27,28)13-4-1-3-12(11-13)22(25)26/h1-7,10-11,20H,8-9H2,(H,19,23)(H,21,24). The number of aromatic nitrogens is 1. The van der Waals surface area contributed by atoms with Gasteiger partial charge in [0.2, 0.25) is 10.0 Å². The zero-order chi connectivity index (χ0) is 21.7. The van der Waals surface area contributed by atoms with Gasteiger partial charge in [-0.25, -0.2) is 13.1 Å². The molecule has 0 saturated heterocycles. The van der Waals surface area contributed by atoms with Crippen LogP contribution in [0.3, 0.4) is 0 Å². The highest BCUT2D eigenvalue weighted by Gasteiger charge is 2.17. The fourth-order valence-electron chi connectivity index (χ4n) is 2.53. The molecule has 30 heavy (non-hydrogen) atoms. The van der Waals surface area contributed by atoms with Gasteiger partial charge in [0.15, 0.2) is 0 Å². The van der Waals surface area contributed by atoms with Crippen LogP contribution in [0.5, 0.6) is 0 Å². The molecule has 0 aliphatic carbocycles. The molecule has 12 heteroatoms. The number of nitrogens with zero attached hydrogens (tertiary/aromatic N) is 1. The summed E-state index contributed by atoms with van der Waals surface area (Å²) < 4.78 is 26.7. The van der Waals surface area contributed by atoms with Crippen LogP contribution < -0.4 is 15.6 Å². The lowest BCUT2D eigenvalue weighted by atomic mass is 10.2. The maximum absolute atomic E-state index is 12.2.